The van der Waals surface area contributed by atoms with Gasteiger partial charge in [0.1, 0.15) is 6.04 Å². The molecule has 0 unspecified atom stereocenters. The van der Waals surface area contributed by atoms with Gasteiger partial charge in [-0.1, -0.05) is 18.2 Å². The molecule has 0 fully saturated rings. The van der Waals surface area contributed by atoms with Crippen molar-refractivity contribution in [2.75, 3.05) is 0 Å². The third kappa shape index (κ3) is 2.72. The first-order valence-electron chi connectivity index (χ1n) is 7.69. The summed E-state index contributed by atoms with van der Waals surface area (Å²) >= 11 is 0. The molecular weight excluding hydrogens is 294 g/mol. The highest BCUT2D eigenvalue weighted by Crippen LogP contribution is 2.28. The van der Waals surface area contributed by atoms with Crippen LogP contribution in [0.25, 0.3) is 5.69 Å². The first kappa shape index (κ1) is 15.3. The molecule has 2 aromatic rings. The van der Waals surface area contributed by atoms with Gasteiger partial charge in [-0.05, 0) is 44.7 Å². The van der Waals surface area contributed by atoms with E-state index >= 15 is 0 Å². The summed E-state index contributed by atoms with van der Waals surface area (Å²) in [5.74, 6) is -1.49. The second-order valence-electron chi connectivity index (χ2n) is 5.86. The Bertz CT molecular complexity index is 779. The van der Waals surface area contributed by atoms with E-state index in [1.807, 2.05) is 35.9 Å². The molecular formula is C17H19N3O3. The van der Waals surface area contributed by atoms with E-state index in [0.717, 1.165) is 41.8 Å². The molecule has 0 aliphatic heterocycles. The smallest absolute Gasteiger partial charge is 0.325 e. The zero-order chi connectivity index (χ0) is 16.6. The first-order valence-corrected chi connectivity index (χ1v) is 7.69. The fraction of sp³-hybridized carbons (Fsp3) is 0.353. The zero-order valence-corrected chi connectivity index (χ0v) is 13.2. The number of fused-ring (bicyclic) bond motifs is 1. The second kappa shape index (κ2) is 5.87. The number of carbonyl (C=O) groups excluding carboxylic acids is 1. The molecule has 1 atom stereocenters. The normalized spacial score (nSPS) is 14.3. The van der Waals surface area contributed by atoms with Crippen LogP contribution in [0.4, 0.5) is 0 Å². The standard InChI is InChI=1S/C17H19N3O3/c1-10-6-3-4-8-13(10)20-14-9-5-7-12(14)15(19-20)16(21)18-11(2)17(22)23/h3-4,6,8,11H,5,7,9H2,1-2H3,(H,18,21)(H,22,23)/t11-/m0/s1. The van der Waals surface area contributed by atoms with Crippen molar-refractivity contribution in [3.63, 3.8) is 0 Å². The van der Waals surface area contributed by atoms with Gasteiger partial charge in [-0.2, -0.15) is 5.10 Å². The Hall–Kier alpha value is -2.63. The molecule has 0 bridgehead atoms. The van der Waals surface area contributed by atoms with Crippen LogP contribution in [0.2, 0.25) is 0 Å². The summed E-state index contributed by atoms with van der Waals surface area (Å²) in [5, 5.41) is 15.9. The highest BCUT2D eigenvalue weighted by Gasteiger charge is 2.28. The zero-order valence-electron chi connectivity index (χ0n) is 13.2. The number of nitrogens with one attached hydrogen (secondary N) is 1. The van der Waals surface area contributed by atoms with Crippen LogP contribution in [0, 0.1) is 6.92 Å². The van der Waals surface area contributed by atoms with E-state index in [1.54, 1.807) is 0 Å². The number of aliphatic carboxylic acids is 1. The van der Waals surface area contributed by atoms with Crippen LogP contribution < -0.4 is 5.32 Å². The summed E-state index contributed by atoms with van der Waals surface area (Å²) in [4.78, 5) is 23.3. The molecule has 1 amide bonds. The van der Waals surface area contributed by atoms with Crippen LogP contribution in [0.5, 0.6) is 0 Å². The predicted octanol–water partition coefficient (Wildman–Crippen LogP) is 1.87. The fourth-order valence-corrected chi connectivity index (χ4v) is 2.95. The number of carboxylic acid groups (broad SMARTS) is 1. The van der Waals surface area contributed by atoms with Gasteiger partial charge in [0, 0.05) is 11.3 Å². The van der Waals surface area contributed by atoms with Crippen molar-refractivity contribution >= 4 is 11.9 Å². The van der Waals surface area contributed by atoms with E-state index in [2.05, 4.69) is 10.4 Å². The minimum absolute atomic E-state index is 0.342. The molecule has 1 aromatic carbocycles. The number of carboxylic acids is 1. The Labute approximate surface area is 134 Å². The Morgan fingerprint density at radius 1 is 1.30 bits per heavy atom. The van der Waals surface area contributed by atoms with Gasteiger partial charge >= 0.3 is 5.97 Å². The Morgan fingerprint density at radius 2 is 2.04 bits per heavy atom. The average Bonchev–Trinajstić information content (AvgIpc) is 3.09. The average molecular weight is 313 g/mol. The SMILES string of the molecule is Cc1ccccc1-n1nc(C(=O)N[C@@H](C)C(=O)O)c2c1CCC2. The van der Waals surface area contributed by atoms with E-state index in [0.29, 0.717) is 5.69 Å². The van der Waals surface area contributed by atoms with Gasteiger partial charge in [0.05, 0.1) is 5.69 Å². The van der Waals surface area contributed by atoms with Crippen molar-refractivity contribution in [1.82, 2.24) is 15.1 Å². The first-order chi connectivity index (χ1) is 11.0. The fourth-order valence-electron chi connectivity index (χ4n) is 2.95. The number of aryl methyl sites for hydroxylation is 1. The summed E-state index contributed by atoms with van der Waals surface area (Å²) in [5.41, 5.74) is 4.36. The van der Waals surface area contributed by atoms with Gasteiger partial charge in [-0.15, -0.1) is 0 Å². The van der Waals surface area contributed by atoms with Crippen LogP contribution in [0.1, 0.15) is 40.7 Å². The van der Waals surface area contributed by atoms with Gasteiger partial charge in [0.25, 0.3) is 5.91 Å². The number of para-hydroxylation sites is 1. The summed E-state index contributed by atoms with van der Waals surface area (Å²) < 4.78 is 1.83. The monoisotopic (exact) mass is 313 g/mol. The number of benzene rings is 1. The molecule has 23 heavy (non-hydrogen) atoms. The number of nitrogens with zero attached hydrogens (tertiary/aromatic N) is 2. The third-order valence-corrected chi connectivity index (χ3v) is 4.21. The predicted molar refractivity (Wildman–Crippen MR) is 84.9 cm³/mol. The number of amides is 1. The molecule has 0 spiro atoms. The van der Waals surface area contributed by atoms with E-state index in [4.69, 9.17) is 5.11 Å². The highest BCUT2D eigenvalue weighted by molar-refractivity contribution is 5.96. The van der Waals surface area contributed by atoms with Gasteiger partial charge in [-0.25, -0.2) is 4.68 Å². The molecule has 0 radical (unpaired) electrons. The number of hydrogen-bond donors (Lipinski definition) is 2. The van der Waals surface area contributed by atoms with Gasteiger partial charge in [0.15, 0.2) is 5.69 Å². The van der Waals surface area contributed by atoms with E-state index < -0.39 is 17.9 Å². The number of hydrogen-bond acceptors (Lipinski definition) is 3. The lowest BCUT2D eigenvalue weighted by atomic mass is 10.1. The molecule has 1 aliphatic carbocycles. The number of carbonyl (C=O) groups is 2. The molecule has 0 saturated heterocycles. The maximum absolute atomic E-state index is 12.4. The molecule has 120 valence electrons. The molecule has 1 heterocycles. The van der Waals surface area contributed by atoms with Crippen molar-refractivity contribution in [2.24, 2.45) is 0 Å². The van der Waals surface area contributed by atoms with Crippen molar-refractivity contribution < 1.29 is 14.7 Å². The maximum Gasteiger partial charge on any atom is 0.325 e. The van der Waals surface area contributed by atoms with Crippen molar-refractivity contribution in [2.45, 2.75) is 39.2 Å². The molecule has 1 aromatic heterocycles. The van der Waals surface area contributed by atoms with Crippen LogP contribution in [0.15, 0.2) is 24.3 Å². The van der Waals surface area contributed by atoms with Crippen molar-refractivity contribution in [1.29, 1.82) is 0 Å². The minimum atomic E-state index is -1.06. The summed E-state index contributed by atoms with van der Waals surface area (Å²) in [6, 6.07) is 6.94. The second-order valence-corrected chi connectivity index (χ2v) is 5.86. The quantitative estimate of drug-likeness (QED) is 0.902. The van der Waals surface area contributed by atoms with Crippen LogP contribution in [-0.2, 0) is 17.6 Å². The molecule has 2 N–H and O–H groups in total. The number of aromatic nitrogens is 2. The lowest BCUT2D eigenvalue weighted by Crippen LogP contribution is -2.38. The largest absolute Gasteiger partial charge is 0.480 e. The van der Waals surface area contributed by atoms with E-state index in [9.17, 15) is 9.59 Å². The lowest BCUT2D eigenvalue weighted by molar-refractivity contribution is -0.138. The third-order valence-electron chi connectivity index (χ3n) is 4.21. The van der Waals surface area contributed by atoms with Crippen LogP contribution in [0.3, 0.4) is 0 Å². The van der Waals surface area contributed by atoms with Gasteiger partial charge in [-0.3, -0.25) is 9.59 Å². The molecule has 0 saturated carbocycles. The van der Waals surface area contributed by atoms with Crippen molar-refractivity contribution in [3.8, 4) is 5.69 Å². The van der Waals surface area contributed by atoms with Crippen LogP contribution in [-0.4, -0.2) is 32.8 Å². The van der Waals surface area contributed by atoms with Gasteiger partial charge in [0.2, 0.25) is 0 Å². The van der Waals surface area contributed by atoms with E-state index in [-0.39, 0.29) is 0 Å². The maximum atomic E-state index is 12.4. The Morgan fingerprint density at radius 3 is 2.74 bits per heavy atom. The lowest BCUT2D eigenvalue weighted by Gasteiger charge is -2.09. The molecule has 6 nitrogen and oxygen atoms in total. The summed E-state index contributed by atoms with van der Waals surface area (Å²) in [7, 11) is 0. The Kier molecular flexibility index (Phi) is 3.90. The molecule has 1 aliphatic rings. The number of rotatable bonds is 4. The summed E-state index contributed by atoms with van der Waals surface area (Å²) in [6.45, 7) is 3.45. The highest BCUT2D eigenvalue weighted by atomic mass is 16.4. The van der Waals surface area contributed by atoms with Crippen molar-refractivity contribution in [3.05, 3.63) is 46.8 Å². The van der Waals surface area contributed by atoms with Gasteiger partial charge < -0.3 is 10.4 Å². The molecule has 3 rings (SSSR count). The minimum Gasteiger partial charge on any atom is -0.480 e. The summed E-state index contributed by atoms with van der Waals surface area (Å²) in [6.07, 6.45) is 2.65. The topological polar surface area (TPSA) is 84.2 Å². The van der Waals surface area contributed by atoms with E-state index in [1.165, 1.54) is 6.92 Å². The van der Waals surface area contributed by atoms with Crippen LogP contribution >= 0.6 is 0 Å². The Balaban J connectivity index is 2.01. The molecule has 6 heteroatoms.